The lowest BCUT2D eigenvalue weighted by molar-refractivity contribution is 0.191. The smallest absolute Gasteiger partial charge is 0.0850 e. The van der Waals surface area contributed by atoms with Crippen LogP contribution < -0.4 is 0 Å². The number of aliphatic hydroxyl groups is 1. The molecule has 0 bridgehead atoms. The van der Waals surface area contributed by atoms with Crippen molar-refractivity contribution >= 4 is 0 Å². The molecule has 0 aliphatic rings. The van der Waals surface area contributed by atoms with Gasteiger partial charge in [-0.3, -0.25) is 0 Å². The molecule has 1 nitrogen and oxygen atoms in total. The van der Waals surface area contributed by atoms with E-state index >= 15 is 0 Å². The Bertz CT molecular complexity index is 97.3. The molecule has 0 aliphatic carbocycles. The van der Waals surface area contributed by atoms with Crippen LogP contribution in [0.2, 0.25) is 0 Å². The van der Waals surface area contributed by atoms with Crippen LogP contribution in [0.5, 0.6) is 0 Å². The Morgan fingerprint density at radius 1 is 1.15 bits per heavy atom. The molecule has 0 radical (unpaired) electrons. The molecule has 2 atom stereocenters. The van der Waals surface area contributed by atoms with Crippen LogP contribution in [0.15, 0.2) is 0 Å². The predicted octanol–water partition coefficient (Wildman–Crippen LogP) is 3.43. The number of hydrogen-bond acceptors (Lipinski definition) is 1. The molecule has 0 aromatic heterocycles. The van der Waals surface area contributed by atoms with Crippen LogP contribution in [0.4, 0.5) is 0 Å². The second kappa shape index (κ2) is 8.43. The molecule has 0 aliphatic heterocycles. The van der Waals surface area contributed by atoms with Crippen molar-refractivity contribution in [3.05, 3.63) is 6.92 Å². The molecule has 0 aromatic rings. The summed E-state index contributed by atoms with van der Waals surface area (Å²) in [6.07, 6.45) is 7.13. The van der Waals surface area contributed by atoms with Gasteiger partial charge in [-0.05, 0) is 31.1 Å². The molecule has 0 saturated heterocycles. The van der Waals surface area contributed by atoms with Gasteiger partial charge in [0.1, 0.15) is 0 Å². The quantitative estimate of drug-likeness (QED) is 0.574. The normalized spacial score (nSPS) is 15.6. The van der Waals surface area contributed by atoms with Gasteiger partial charge in [0.2, 0.25) is 0 Å². The maximum absolute atomic E-state index is 9.08. The Morgan fingerprint density at radius 3 is 2.15 bits per heavy atom. The van der Waals surface area contributed by atoms with Crippen LogP contribution in [-0.4, -0.2) is 11.7 Å². The number of unbranched alkanes of at least 4 members (excludes halogenated alkanes) is 1. The molecule has 0 amide bonds. The van der Waals surface area contributed by atoms with Crippen molar-refractivity contribution in [2.24, 2.45) is 11.8 Å². The molecule has 0 heterocycles. The van der Waals surface area contributed by atoms with E-state index in [-0.39, 0.29) is 0 Å². The minimum absolute atomic E-state index is 0.359. The average molecular weight is 185 g/mol. The summed E-state index contributed by atoms with van der Waals surface area (Å²) in [6, 6.07) is 0. The minimum atomic E-state index is 0.359. The maximum Gasteiger partial charge on any atom is 0.0850 e. The highest BCUT2D eigenvalue weighted by Crippen LogP contribution is 2.22. The van der Waals surface area contributed by atoms with Gasteiger partial charge in [-0.25, -0.2) is 0 Å². The number of aliphatic hydroxyl groups excluding tert-OH is 1. The van der Waals surface area contributed by atoms with Gasteiger partial charge in [-0.1, -0.05) is 26.7 Å². The lowest BCUT2D eigenvalue weighted by Gasteiger charge is -2.19. The van der Waals surface area contributed by atoms with E-state index in [1.165, 1.54) is 25.7 Å². The summed E-state index contributed by atoms with van der Waals surface area (Å²) in [4.78, 5) is 0. The van der Waals surface area contributed by atoms with Crippen molar-refractivity contribution in [3.8, 4) is 0 Å². The van der Waals surface area contributed by atoms with E-state index in [9.17, 15) is 0 Å². The van der Waals surface area contributed by atoms with E-state index in [0.29, 0.717) is 12.5 Å². The van der Waals surface area contributed by atoms with Gasteiger partial charge in [0.15, 0.2) is 0 Å². The van der Waals surface area contributed by atoms with Crippen molar-refractivity contribution in [3.63, 3.8) is 0 Å². The lowest BCUT2D eigenvalue weighted by atomic mass is 9.88. The van der Waals surface area contributed by atoms with Gasteiger partial charge in [0.25, 0.3) is 0 Å². The summed E-state index contributed by atoms with van der Waals surface area (Å²) in [7, 11) is 0. The topological polar surface area (TPSA) is 20.2 Å². The van der Waals surface area contributed by atoms with Crippen LogP contribution in [0, 0.1) is 18.8 Å². The summed E-state index contributed by atoms with van der Waals surface area (Å²) < 4.78 is 0. The van der Waals surface area contributed by atoms with Crippen molar-refractivity contribution in [1.29, 1.82) is 0 Å². The van der Waals surface area contributed by atoms with Gasteiger partial charge in [0, 0.05) is 6.61 Å². The van der Waals surface area contributed by atoms with E-state index in [4.69, 9.17) is 5.11 Å². The molecule has 0 spiro atoms. The van der Waals surface area contributed by atoms with Crippen molar-refractivity contribution < 1.29 is 5.11 Å². The molecule has 0 saturated carbocycles. The summed E-state index contributed by atoms with van der Waals surface area (Å²) >= 11 is 0. The molecule has 1 heteroatoms. The van der Waals surface area contributed by atoms with Gasteiger partial charge in [-0.15, -0.1) is 0 Å². The highest BCUT2D eigenvalue weighted by molar-refractivity contribution is 4.64. The Morgan fingerprint density at radius 2 is 1.77 bits per heavy atom. The molecule has 0 fully saturated rings. The zero-order chi connectivity index (χ0) is 10.1. The van der Waals surface area contributed by atoms with E-state index < -0.39 is 0 Å². The summed E-state index contributed by atoms with van der Waals surface area (Å²) in [5.41, 5.74) is 0. The van der Waals surface area contributed by atoms with Crippen molar-refractivity contribution in [1.82, 2.24) is 0 Å². The first-order chi connectivity index (χ1) is 6.28. The highest BCUT2D eigenvalue weighted by atomic mass is 16.3. The predicted molar refractivity (Wildman–Crippen MR) is 58.5 cm³/mol. The first-order valence-electron chi connectivity index (χ1n) is 5.68. The van der Waals surface area contributed by atoms with Crippen molar-refractivity contribution in [2.75, 3.05) is 6.61 Å². The third-order valence-electron chi connectivity index (χ3n) is 2.94. The fourth-order valence-electron chi connectivity index (χ4n) is 1.76. The molecule has 13 heavy (non-hydrogen) atoms. The number of hydrogen-bond donors (Lipinski definition) is 1. The summed E-state index contributed by atoms with van der Waals surface area (Å²) in [5.74, 6) is 1.33. The largest absolute Gasteiger partial charge is 0.396 e. The molecular weight excluding hydrogens is 160 g/mol. The second-order valence-corrected chi connectivity index (χ2v) is 3.96. The lowest BCUT2D eigenvalue weighted by Crippen LogP contribution is -2.11. The zero-order valence-corrected chi connectivity index (χ0v) is 9.26. The first-order valence-corrected chi connectivity index (χ1v) is 5.68. The van der Waals surface area contributed by atoms with Gasteiger partial charge in [-0.2, -0.15) is 0 Å². The molecule has 1 N–H and O–H groups in total. The highest BCUT2D eigenvalue weighted by Gasteiger charge is 2.12. The van der Waals surface area contributed by atoms with Gasteiger partial charge < -0.3 is 5.11 Å². The van der Waals surface area contributed by atoms with E-state index in [2.05, 4.69) is 20.8 Å². The van der Waals surface area contributed by atoms with Gasteiger partial charge >= 0.3 is 0 Å². The molecular formula is C12H25O+. The Hall–Kier alpha value is -0.170. The van der Waals surface area contributed by atoms with E-state index in [0.717, 1.165) is 18.8 Å². The minimum Gasteiger partial charge on any atom is -0.396 e. The van der Waals surface area contributed by atoms with E-state index in [1.54, 1.807) is 0 Å². The molecule has 78 valence electrons. The van der Waals surface area contributed by atoms with Crippen LogP contribution in [0.3, 0.4) is 0 Å². The Kier molecular flexibility index (Phi) is 8.32. The second-order valence-electron chi connectivity index (χ2n) is 3.96. The third-order valence-corrected chi connectivity index (χ3v) is 2.94. The van der Waals surface area contributed by atoms with Gasteiger partial charge in [0.05, 0.1) is 13.3 Å². The Labute approximate surface area is 83.5 Å². The van der Waals surface area contributed by atoms with Crippen LogP contribution in [0.1, 0.15) is 52.4 Å². The summed E-state index contributed by atoms with van der Waals surface area (Å²) in [6.45, 7) is 8.63. The van der Waals surface area contributed by atoms with Crippen molar-refractivity contribution in [2.45, 2.75) is 52.4 Å². The van der Waals surface area contributed by atoms with E-state index in [1.807, 2.05) is 0 Å². The SMILES string of the molecule is [CH2+]CCCC(CC)CC(CC)CO. The molecule has 2 unspecified atom stereocenters. The molecule has 0 rings (SSSR count). The molecule has 0 aromatic carbocycles. The summed E-state index contributed by atoms with van der Waals surface area (Å²) in [5, 5.41) is 9.08. The maximum atomic E-state index is 9.08. The average Bonchev–Trinajstić information content (AvgIpc) is 2.19. The van der Waals surface area contributed by atoms with Crippen LogP contribution in [0.25, 0.3) is 0 Å². The van der Waals surface area contributed by atoms with Crippen LogP contribution in [-0.2, 0) is 0 Å². The monoisotopic (exact) mass is 185 g/mol. The Balaban J connectivity index is 3.67. The fourth-order valence-corrected chi connectivity index (χ4v) is 1.76. The zero-order valence-electron chi connectivity index (χ0n) is 9.26. The third kappa shape index (κ3) is 5.98. The standard InChI is InChI=1S/C12H25O/c1-4-7-8-11(5-2)9-12(6-3)10-13/h11-13H,1,4-10H2,2-3H3/q+1. The van der Waals surface area contributed by atoms with Crippen LogP contribution >= 0.6 is 0 Å². The number of rotatable bonds is 8. The first kappa shape index (κ1) is 12.8. The fraction of sp³-hybridized carbons (Fsp3) is 0.917.